The quantitative estimate of drug-likeness (QED) is 0.885. The zero-order valence-electron chi connectivity index (χ0n) is 11.3. The van der Waals surface area contributed by atoms with E-state index in [0.29, 0.717) is 22.4 Å². The van der Waals surface area contributed by atoms with E-state index < -0.39 is 10.0 Å². The normalized spacial score (nSPS) is 10.4. The Morgan fingerprint density at radius 3 is 2.57 bits per heavy atom. The smallest absolute Gasteiger partial charge is 0.261 e. The molecule has 5 heteroatoms. The van der Waals surface area contributed by atoms with Crippen molar-refractivity contribution in [2.75, 3.05) is 4.72 Å². The van der Waals surface area contributed by atoms with E-state index in [1.807, 2.05) is 6.07 Å². The minimum atomic E-state index is -3.71. The van der Waals surface area contributed by atoms with Gasteiger partial charge in [0, 0.05) is 5.56 Å². The second kappa shape index (κ2) is 5.70. The molecule has 0 aromatic heterocycles. The van der Waals surface area contributed by atoms with Crippen molar-refractivity contribution in [3.8, 4) is 18.4 Å². The van der Waals surface area contributed by atoms with Crippen LogP contribution >= 0.6 is 0 Å². The van der Waals surface area contributed by atoms with Crippen molar-refractivity contribution in [2.24, 2.45) is 0 Å². The van der Waals surface area contributed by atoms with Gasteiger partial charge in [-0.1, -0.05) is 12.0 Å². The van der Waals surface area contributed by atoms with Crippen LogP contribution in [0, 0.1) is 30.6 Å². The van der Waals surface area contributed by atoms with E-state index in [1.165, 1.54) is 18.2 Å². The van der Waals surface area contributed by atoms with Gasteiger partial charge < -0.3 is 0 Å². The number of hydrogen-bond donors (Lipinski definition) is 1. The molecule has 2 aromatic rings. The second-order valence-corrected chi connectivity index (χ2v) is 6.10. The molecule has 0 aliphatic heterocycles. The molecule has 0 heterocycles. The molecule has 104 valence electrons. The lowest BCUT2D eigenvalue weighted by atomic mass is 10.1. The molecule has 1 N–H and O–H groups in total. The topological polar surface area (TPSA) is 70.0 Å². The molecule has 0 amide bonds. The van der Waals surface area contributed by atoms with Crippen LogP contribution in [0.2, 0.25) is 0 Å². The van der Waals surface area contributed by atoms with Gasteiger partial charge in [0.2, 0.25) is 0 Å². The van der Waals surface area contributed by atoms with Crippen molar-refractivity contribution >= 4 is 15.7 Å². The molecule has 0 spiro atoms. The summed E-state index contributed by atoms with van der Waals surface area (Å²) in [5.74, 6) is 2.45. The van der Waals surface area contributed by atoms with Crippen molar-refractivity contribution in [1.29, 1.82) is 5.26 Å². The Bertz CT molecular complexity index is 872. The predicted octanol–water partition coefficient (Wildman–Crippen LogP) is 2.65. The highest BCUT2D eigenvalue weighted by molar-refractivity contribution is 7.92. The zero-order chi connectivity index (χ0) is 15.5. The Hall–Kier alpha value is -2.76. The van der Waals surface area contributed by atoms with E-state index in [9.17, 15) is 8.42 Å². The van der Waals surface area contributed by atoms with E-state index in [1.54, 1.807) is 31.2 Å². The first-order valence-electron chi connectivity index (χ1n) is 6.06. The van der Waals surface area contributed by atoms with Crippen LogP contribution in [0.1, 0.15) is 16.7 Å². The summed E-state index contributed by atoms with van der Waals surface area (Å²) >= 11 is 0. The Balaban J connectivity index is 2.37. The Labute approximate surface area is 124 Å². The summed E-state index contributed by atoms with van der Waals surface area (Å²) in [7, 11) is -3.71. The lowest BCUT2D eigenvalue weighted by Gasteiger charge is -2.09. The fraction of sp³-hybridized carbons (Fsp3) is 0.0625. The van der Waals surface area contributed by atoms with Crippen molar-refractivity contribution in [2.45, 2.75) is 11.8 Å². The maximum Gasteiger partial charge on any atom is 0.261 e. The third kappa shape index (κ3) is 3.22. The number of nitrogens with one attached hydrogen (secondary N) is 1. The lowest BCUT2D eigenvalue weighted by Crippen LogP contribution is -2.13. The summed E-state index contributed by atoms with van der Waals surface area (Å²) in [6, 6.07) is 12.9. The third-order valence-electron chi connectivity index (χ3n) is 2.91. The maximum absolute atomic E-state index is 12.3. The number of nitrogens with zero attached hydrogens (tertiary/aromatic N) is 1. The molecule has 0 aliphatic carbocycles. The van der Waals surface area contributed by atoms with E-state index >= 15 is 0 Å². The second-order valence-electron chi connectivity index (χ2n) is 4.42. The molecule has 0 aliphatic rings. The van der Waals surface area contributed by atoms with Crippen molar-refractivity contribution in [3.63, 3.8) is 0 Å². The highest BCUT2D eigenvalue weighted by atomic mass is 32.2. The van der Waals surface area contributed by atoms with E-state index in [4.69, 9.17) is 11.7 Å². The van der Waals surface area contributed by atoms with E-state index in [0.717, 1.165) is 0 Å². The molecule has 0 radical (unpaired) electrons. The molecule has 0 saturated heterocycles. The van der Waals surface area contributed by atoms with Gasteiger partial charge in [0.05, 0.1) is 22.2 Å². The number of hydrogen-bond acceptors (Lipinski definition) is 3. The predicted molar refractivity (Wildman–Crippen MR) is 81.1 cm³/mol. The molecule has 2 aromatic carbocycles. The number of aryl methyl sites for hydroxylation is 1. The summed E-state index contributed by atoms with van der Waals surface area (Å²) in [6.07, 6.45) is 5.29. The van der Waals surface area contributed by atoms with E-state index in [-0.39, 0.29) is 4.90 Å². The van der Waals surface area contributed by atoms with Crippen LogP contribution in [0.3, 0.4) is 0 Å². The SMILES string of the molecule is C#Cc1cccc(NS(=O)(=O)c2ccc(C#N)c(C)c2)c1. The Kier molecular flexibility index (Phi) is 3.98. The lowest BCUT2D eigenvalue weighted by molar-refractivity contribution is 0.601. The highest BCUT2D eigenvalue weighted by Crippen LogP contribution is 2.19. The summed E-state index contributed by atoms with van der Waals surface area (Å²) < 4.78 is 27.1. The minimum absolute atomic E-state index is 0.102. The third-order valence-corrected chi connectivity index (χ3v) is 4.29. The number of sulfonamides is 1. The molecular formula is C16H12N2O2S. The number of anilines is 1. The van der Waals surface area contributed by atoms with Gasteiger partial charge in [-0.25, -0.2) is 8.42 Å². The summed E-state index contributed by atoms with van der Waals surface area (Å²) in [6.45, 7) is 1.69. The standard InChI is InChI=1S/C16H12N2O2S/c1-3-13-5-4-6-15(10-13)18-21(19,20)16-8-7-14(11-17)12(2)9-16/h1,4-10,18H,2H3. The summed E-state index contributed by atoms with van der Waals surface area (Å²) in [5, 5.41) is 8.87. The molecule has 0 atom stereocenters. The van der Waals surface area contributed by atoms with Gasteiger partial charge in [0.25, 0.3) is 10.0 Å². The molecule has 4 nitrogen and oxygen atoms in total. The molecule has 0 bridgehead atoms. The first-order valence-corrected chi connectivity index (χ1v) is 7.55. The average molecular weight is 296 g/mol. The van der Waals surface area contributed by atoms with Crippen molar-refractivity contribution in [1.82, 2.24) is 0 Å². The van der Waals surface area contributed by atoms with Crippen LogP contribution in [0.15, 0.2) is 47.4 Å². The number of terminal acetylenes is 1. The average Bonchev–Trinajstić information content (AvgIpc) is 2.47. The van der Waals surface area contributed by atoms with Gasteiger partial charge in [-0.3, -0.25) is 4.72 Å². The molecule has 0 saturated carbocycles. The summed E-state index contributed by atoms with van der Waals surface area (Å²) in [5.41, 5.74) is 2.04. The van der Waals surface area contributed by atoms with Gasteiger partial charge in [-0.2, -0.15) is 5.26 Å². The fourth-order valence-corrected chi connectivity index (χ4v) is 2.95. The maximum atomic E-state index is 12.3. The van der Waals surface area contributed by atoms with Gasteiger partial charge in [0.15, 0.2) is 0 Å². The van der Waals surface area contributed by atoms with E-state index in [2.05, 4.69) is 10.6 Å². The van der Waals surface area contributed by atoms with Gasteiger partial charge in [-0.15, -0.1) is 6.42 Å². The van der Waals surface area contributed by atoms with Crippen molar-refractivity contribution < 1.29 is 8.42 Å². The first-order chi connectivity index (χ1) is 9.96. The van der Waals surface area contributed by atoms with Gasteiger partial charge in [0.1, 0.15) is 0 Å². The minimum Gasteiger partial charge on any atom is -0.280 e. The zero-order valence-corrected chi connectivity index (χ0v) is 12.1. The van der Waals surface area contributed by atoms with Crippen LogP contribution in [0.25, 0.3) is 0 Å². The molecule has 0 fully saturated rings. The van der Waals surface area contributed by atoms with Crippen LogP contribution in [0.5, 0.6) is 0 Å². The van der Waals surface area contributed by atoms with Crippen LogP contribution in [0.4, 0.5) is 5.69 Å². The highest BCUT2D eigenvalue weighted by Gasteiger charge is 2.15. The number of benzene rings is 2. The molecular weight excluding hydrogens is 284 g/mol. The Morgan fingerprint density at radius 2 is 1.95 bits per heavy atom. The molecule has 2 rings (SSSR count). The van der Waals surface area contributed by atoms with Crippen LogP contribution < -0.4 is 4.72 Å². The fourth-order valence-electron chi connectivity index (χ4n) is 1.82. The van der Waals surface area contributed by atoms with Crippen LogP contribution in [-0.2, 0) is 10.0 Å². The van der Waals surface area contributed by atoms with Crippen molar-refractivity contribution in [3.05, 3.63) is 59.2 Å². The van der Waals surface area contributed by atoms with Crippen LogP contribution in [-0.4, -0.2) is 8.42 Å². The number of rotatable bonds is 3. The summed E-state index contributed by atoms with van der Waals surface area (Å²) in [4.78, 5) is 0.102. The van der Waals surface area contributed by atoms with Gasteiger partial charge >= 0.3 is 0 Å². The molecule has 0 unspecified atom stereocenters. The Morgan fingerprint density at radius 1 is 1.19 bits per heavy atom. The monoisotopic (exact) mass is 296 g/mol. The molecule has 21 heavy (non-hydrogen) atoms. The number of nitriles is 1. The first kappa shape index (κ1) is 14.6. The largest absolute Gasteiger partial charge is 0.280 e. The van der Waals surface area contributed by atoms with Gasteiger partial charge in [-0.05, 0) is 48.9 Å².